The van der Waals surface area contributed by atoms with Gasteiger partial charge >= 0.3 is 0 Å². The first kappa shape index (κ1) is 20.6. The average molecular weight is 428 g/mol. The fourth-order valence-corrected chi connectivity index (χ4v) is 4.54. The van der Waals surface area contributed by atoms with Gasteiger partial charge in [-0.15, -0.1) is 10.2 Å². The first-order valence-corrected chi connectivity index (χ1v) is 11.5. The van der Waals surface area contributed by atoms with Crippen LogP contribution in [0, 0.1) is 0 Å². The van der Waals surface area contributed by atoms with E-state index in [1.54, 1.807) is 0 Å². The third-order valence-electron chi connectivity index (χ3n) is 6.39. The summed E-state index contributed by atoms with van der Waals surface area (Å²) in [7, 11) is 0. The number of piperazine rings is 1. The predicted octanol–water partition coefficient (Wildman–Crippen LogP) is 3.70. The standard InChI is InChI=1S/C26H29N5O/c32-26(31-17-15-29(16-18-31)20-21-7-2-1-3-8-21)23-10-6-9-22(19-23)24-11-12-25(28-27-24)30-13-4-5-14-30/h1-3,6-12,19H,4-5,13-18,20H2. The van der Waals surface area contributed by atoms with Crippen LogP contribution in [0.4, 0.5) is 5.82 Å². The van der Waals surface area contributed by atoms with Crippen molar-refractivity contribution in [2.75, 3.05) is 44.2 Å². The largest absolute Gasteiger partial charge is 0.355 e. The van der Waals surface area contributed by atoms with Crippen molar-refractivity contribution < 1.29 is 4.79 Å². The molecule has 6 nitrogen and oxygen atoms in total. The zero-order chi connectivity index (χ0) is 21.8. The highest BCUT2D eigenvalue weighted by Gasteiger charge is 2.22. The van der Waals surface area contributed by atoms with E-state index in [-0.39, 0.29) is 5.91 Å². The van der Waals surface area contributed by atoms with E-state index >= 15 is 0 Å². The van der Waals surface area contributed by atoms with Gasteiger partial charge in [-0.25, -0.2) is 0 Å². The molecule has 2 aromatic carbocycles. The molecule has 2 aliphatic heterocycles. The minimum absolute atomic E-state index is 0.0906. The molecule has 164 valence electrons. The summed E-state index contributed by atoms with van der Waals surface area (Å²) in [6.45, 7) is 6.33. The lowest BCUT2D eigenvalue weighted by Crippen LogP contribution is -2.48. The van der Waals surface area contributed by atoms with E-state index in [4.69, 9.17) is 0 Å². The van der Waals surface area contributed by atoms with E-state index < -0.39 is 0 Å². The number of aromatic nitrogens is 2. The van der Waals surface area contributed by atoms with Crippen LogP contribution in [0.5, 0.6) is 0 Å². The van der Waals surface area contributed by atoms with Gasteiger partial charge in [0.25, 0.3) is 5.91 Å². The third kappa shape index (κ3) is 4.65. The number of anilines is 1. The Labute approximate surface area is 189 Å². The summed E-state index contributed by atoms with van der Waals surface area (Å²) in [5, 5.41) is 8.85. The fraction of sp³-hybridized carbons (Fsp3) is 0.346. The van der Waals surface area contributed by atoms with Gasteiger partial charge in [0.15, 0.2) is 5.82 Å². The monoisotopic (exact) mass is 427 g/mol. The lowest BCUT2D eigenvalue weighted by Gasteiger charge is -2.34. The lowest BCUT2D eigenvalue weighted by atomic mass is 10.1. The van der Waals surface area contributed by atoms with Crippen LogP contribution in [0.1, 0.15) is 28.8 Å². The Bertz CT molecular complexity index is 1040. The van der Waals surface area contributed by atoms with E-state index in [0.717, 1.165) is 62.9 Å². The number of hydrogen-bond donors (Lipinski definition) is 0. The summed E-state index contributed by atoms with van der Waals surface area (Å²) in [4.78, 5) is 19.8. The summed E-state index contributed by atoms with van der Waals surface area (Å²) in [6.07, 6.45) is 2.43. The van der Waals surface area contributed by atoms with Crippen molar-refractivity contribution in [2.24, 2.45) is 0 Å². The number of benzene rings is 2. The molecule has 0 spiro atoms. The number of carbonyl (C=O) groups excluding carboxylic acids is 1. The molecule has 0 unspecified atom stereocenters. The SMILES string of the molecule is O=C(c1cccc(-c2ccc(N3CCCC3)nn2)c1)N1CCN(Cc2ccccc2)CC1. The predicted molar refractivity (Wildman–Crippen MR) is 127 cm³/mol. The molecule has 2 aliphatic rings. The average Bonchev–Trinajstić information content (AvgIpc) is 3.40. The van der Waals surface area contributed by atoms with Crippen LogP contribution in [-0.4, -0.2) is 65.2 Å². The van der Waals surface area contributed by atoms with Crippen molar-refractivity contribution in [1.29, 1.82) is 0 Å². The van der Waals surface area contributed by atoms with Crippen molar-refractivity contribution >= 4 is 11.7 Å². The van der Waals surface area contributed by atoms with Gasteiger partial charge in [0.1, 0.15) is 0 Å². The molecule has 2 saturated heterocycles. The van der Waals surface area contributed by atoms with Crippen molar-refractivity contribution in [1.82, 2.24) is 20.0 Å². The highest BCUT2D eigenvalue weighted by atomic mass is 16.2. The van der Waals surface area contributed by atoms with Crippen molar-refractivity contribution in [3.8, 4) is 11.3 Å². The molecule has 32 heavy (non-hydrogen) atoms. The lowest BCUT2D eigenvalue weighted by molar-refractivity contribution is 0.0628. The Morgan fingerprint density at radius 3 is 2.28 bits per heavy atom. The Morgan fingerprint density at radius 2 is 1.56 bits per heavy atom. The molecule has 6 heteroatoms. The Hall–Kier alpha value is -3.25. The molecule has 1 amide bonds. The highest BCUT2D eigenvalue weighted by Crippen LogP contribution is 2.22. The topological polar surface area (TPSA) is 52.6 Å². The summed E-state index contributed by atoms with van der Waals surface area (Å²) in [6, 6.07) is 22.3. The number of carbonyl (C=O) groups is 1. The number of hydrogen-bond acceptors (Lipinski definition) is 5. The van der Waals surface area contributed by atoms with Crippen LogP contribution in [0.25, 0.3) is 11.3 Å². The minimum Gasteiger partial charge on any atom is -0.355 e. The summed E-state index contributed by atoms with van der Waals surface area (Å²) >= 11 is 0. The summed E-state index contributed by atoms with van der Waals surface area (Å²) in [5.74, 6) is 1.03. The molecular weight excluding hydrogens is 398 g/mol. The molecule has 0 saturated carbocycles. The maximum Gasteiger partial charge on any atom is 0.253 e. The molecule has 0 radical (unpaired) electrons. The second-order valence-corrected chi connectivity index (χ2v) is 8.61. The first-order chi connectivity index (χ1) is 15.8. The summed E-state index contributed by atoms with van der Waals surface area (Å²) < 4.78 is 0. The molecule has 0 N–H and O–H groups in total. The van der Waals surface area contributed by atoms with Gasteiger partial charge < -0.3 is 9.80 Å². The molecule has 0 aliphatic carbocycles. The van der Waals surface area contributed by atoms with E-state index in [9.17, 15) is 4.79 Å². The van der Waals surface area contributed by atoms with E-state index in [2.05, 4.69) is 44.3 Å². The number of nitrogens with zero attached hydrogens (tertiary/aromatic N) is 5. The minimum atomic E-state index is 0.0906. The van der Waals surface area contributed by atoms with Gasteiger partial charge in [-0.05, 0) is 42.7 Å². The zero-order valence-electron chi connectivity index (χ0n) is 18.4. The van der Waals surface area contributed by atoms with E-state index in [1.807, 2.05) is 47.4 Å². The van der Waals surface area contributed by atoms with Gasteiger partial charge in [-0.2, -0.15) is 0 Å². The van der Waals surface area contributed by atoms with Crippen molar-refractivity contribution in [3.63, 3.8) is 0 Å². The maximum absolute atomic E-state index is 13.1. The Kier molecular flexibility index (Phi) is 6.12. The van der Waals surface area contributed by atoms with Crippen LogP contribution >= 0.6 is 0 Å². The van der Waals surface area contributed by atoms with Crippen LogP contribution in [0.15, 0.2) is 66.7 Å². The molecule has 1 aromatic heterocycles. The molecule has 3 heterocycles. The number of amides is 1. The first-order valence-electron chi connectivity index (χ1n) is 11.5. The van der Waals surface area contributed by atoms with Crippen molar-refractivity contribution in [2.45, 2.75) is 19.4 Å². The Morgan fingerprint density at radius 1 is 0.781 bits per heavy atom. The van der Waals surface area contributed by atoms with E-state index in [1.165, 1.54) is 18.4 Å². The summed E-state index contributed by atoms with van der Waals surface area (Å²) in [5.41, 5.74) is 3.76. The van der Waals surface area contributed by atoms with Crippen LogP contribution < -0.4 is 4.90 Å². The van der Waals surface area contributed by atoms with Crippen LogP contribution in [-0.2, 0) is 6.54 Å². The third-order valence-corrected chi connectivity index (χ3v) is 6.39. The maximum atomic E-state index is 13.1. The quantitative estimate of drug-likeness (QED) is 0.621. The van der Waals surface area contributed by atoms with Gasteiger partial charge in [-0.1, -0.05) is 42.5 Å². The molecule has 5 rings (SSSR count). The van der Waals surface area contributed by atoms with Gasteiger partial charge in [0.05, 0.1) is 5.69 Å². The zero-order valence-corrected chi connectivity index (χ0v) is 18.4. The van der Waals surface area contributed by atoms with Gasteiger partial charge in [0, 0.05) is 56.9 Å². The highest BCUT2D eigenvalue weighted by molar-refractivity contribution is 5.95. The van der Waals surface area contributed by atoms with Crippen LogP contribution in [0.2, 0.25) is 0 Å². The number of rotatable bonds is 5. The van der Waals surface area contributed by atoms with Crippen molar-refractivity contribution in [3.05, 3.63) is 77.9 Å². The fourth-order valence-electron chi connectivity index (χ4n) is 4.54. The molecular formula is C26H29N5O. The normalized spacial score (nSPS) is 17.0. The van der Waals surface area contributed by atoms with Gasteiger partial charge in [0.2, 0.25) is 0 Å². The molecule has 0 atom stereocenters. The second kappa shape index (κ2) is 9.49. The van der Waals surface area contributed by atoms with Crippen LogP contribution in [0.3, 0.4) is 0 Å². The second-order valence-electron chi connectivity index (χ2n) is 8.61. The smallest absolute Gasteiger partial charge is 0.253 e. The Balaban J connectivity index is 1.22. The molecule has 2 fully saturated rings. The molecule has 3 aromatic rings. The van der Waals surface area contributed by atoms with Gasteiger partial charge in [-0.3, -0.25) is 9.69 Å². The molecule has 0 bridgehead atoms. The van der Waals surface area contributed by atoms with E-state index in [0.29, 0.717) is 5.56 Å².